The zero-order valence-electron chi connectivity index (χ0n) is 6.75. The SMILES string of the molecule is N#CCCN1CCC(N)=NC1=N. The first kappa shape index (κ1) is 8.53. The summed E-state index contributed by atoms with van der Waals surface area (Å²) >= 11 is 0. The molecule has 0 amide bonds. The normalized spacial score (nSPS) is 17.1. The van der Waals surface area contributed by atoms with E-state index in [-0.39, 0.29) is 5.96 Å². The summed E-state index contributed by atoms with van der Waals surface area (Å²) in [4.78, 5) is 5.56. The first-order chi connectivity index (χ1) is 5.74. The highest BCUT2D eigenvalue weighted by atomic mass is 15.3. The van der Waals surface area contributed by atoms with Crippen LogP contribution in [0.3, 0.4) is 0 Å². The predicted molar refractivity (Wildman–Crippen MR) is 45.8 cm³/mol. The van der Waals surface area contributed by atoms with Gasteiger partial charge in [0.1, 0.15) is 5.84 Å². The van der Waals surface area contributed by atoms with Gasteiger partial charge in [0.2, 0.25) is 5.96 Å². The van der Waals surface area contributed by atoms with Gasteiger partial charge in [-0.25, -0.2) is 4.99 Å². The van der Waals surface area contributed by atoms with Crippen LogP contribution >= 0.6 is 0 Å². The molecule has 0 saturated heterocycles. The van der Waals surface area contributed by atoms with Gasteiger partial charge in [0.05, 0.1) is 12.5 Å². The molecule has 1 rings (SSSR count). The lowest BCUT2D eigenvalue weighted by molar-refractivity contribution is 0.424. The third-order valence-electron chi connectivity index (χ3n) is 1.68. The van der Waals surface area contributed by atoms with Crippen molar-refractivity contribution >= 4 is 11.8 Å². The van der Waals surface area contributed by atoms with Crippen LogP contribution in [0, 0.1) is 16.7 Å². The van der Waals surface area contributed by atoms with Crippen molar-refractivity contribution in [3.8, 4) is 6.07 Å². The Morgan fingerprint density at radius 1 is 1.75 bits per heavy atom. The molecule has 0 fully saturated rings. The third-order valence-corrected chi connectivity index (χ3v) is 1.68. The standard InChI is InChI=1S/C7H11N5/c8-3-1-4-12-5-2-6(9)11-7(12)10/h1-2,4-5H2,(H3,9,10,11). The second-order valence-electron chi connectivity index (χ2n) is 2.57. The highest BCUT2D eigenvalue weighted by Gasteiger charge is 2.14. The van der Waals surface area contributed by atoms with Crippen molar-refractivity contribution in [1.82, 2.24) is 4.90 Å². The van der Waals surface area contributed by atoms with E-state index >= 15 is 0 Å². The summed E-state index contributed by atoms with van der Waals surface area (Å²) in [6.45, 7) is 1.28. The number of amidine groups is 1. The van der Waals surface area contributed by atoms with Crippen LogP contribution in [-0.2, 0) is 0 Å². The van der Waals surface area contributed by atoms with Gasteiger partial charge in [-0.2, -0.15) is 5.26 Å². The third kappa shape index (κ3) is 1.95. The second-order valence-corrected chi connectivity index (χ2v) is 2.57. The lowest BCUT2D eigenvalue weighted by atomic mass is 10.3. The molecule has 0 radical (unpaired) electrons. The smallest absolute Gasteiger partial charge is 0.219 e. The van der Waals surface area contributed by atoms with Crippen LogP contribution in [0.2, 0.25) is 0 Å². The summed E-state index contributed by atoms with van der Waals surface area (Å²) in [5.74, 6) is 0.683. The van der Waals surface area contributed by atoms with Crippen LogP contribution in [0.5, 0.6) is 0 Å². The topological polar surface area (TPSA) is 89.3 Å². The molecule has 0 aromatic carbocycles. The van der Waals surface area contributed by atoms with Crippen molar-refractivity contribution < 1.29 is 0 Å². The monoisotopic (exact) mass is 165 g/mol. The molecule has 0 unspecified atom stereocenters. The Balaban J connectivity index is 2.49. The second kappa shape index (κ2) is 3.72. The van der Waals surface area contributed by atoms with Gasteiger partial charge in [-0.1, -0.05) is 0 Å². The van der Waals surface area contributed by atoms with Gasteiger partial charge in [-0.15, -0.1) is 0 Å². The quantitative estimate of drug-likeness (QED) is 0.598. The predicted octanol–water partition coefficient (Wildman–Crippen LogP) is -0.102. The van der Waals surface area contributed by atoms with Gasteiger partial charge >= 0.3 is 0 Å². The Morgan fingerprint density at radius 3 is 3.08 bits per heavy atom. The molecule has 0 aromatic rings. The lowest BCUT2D eigenvalue weighted by Gasteiger charge is -2.24. The van der Waals surface area contributed by atoms with Crippen LogP contribution in [-0.4, -0.2) is 29.8 Å². The van der Waals surface area contributed by atoms with Crippen molar-refractivity contribution in [2.45, 2.75) is 12.8 Å². The van der Waals surface area contributed by atoms with Crippen LogP contribution in [0.1, 0.15) is 12.8 Å². The zero-order valence-corrected chi connectivity index (χ0v) is 6.75. The van der Waals surface area contributed by atoms with E-state index in [1.165, 1.54) is 0 Å². The van der Waals surface area contributed by atoms with Crippen molar-refractivity contribution in [3.05, 3.63) is 0 Å². The first-order valence-corrected chi connectivity index (χ1v) is 3.77. The zero-order chi connectivity index (χ0) is 8.97. The molecule has 0 aliphatic carbocycles. The van der Waals surface area contributed by atoms with Crippen LogP contribution in [0.25, 0.3) is 0 Å². The van der Waals surface area contributed by atoms with Crippen molar-refractivity contribution in [3.63, 3.8) is 0 Å². The fraction of sp³-hybridized carbons (Fsp3) is 0.571. The summed E-state index contributed by atoms with van der Waals surface area (Å²) < 4.78 is 0. The molecule has 0 bridgehead atoms. The van der Waals surface area contributed by atoms with E-state index in [1.54, 1.807) is 4.90 Å². The number of hydrogen-bond donors (Lipinski definition) is 2. The molecule has 64 valence electrons. The van der Waals surface area contributed by atoms with Crippen molar-refractivity contribution in [1.29, 1.82) is 10.7 Å². The van der Waals surface area contributed by atoms with Gasteiger partial charge in [0.25, 0.3) is 0 Å². The molecule has 5 heteroatoms. The first-order valence-electron chi connectivity index (χ1n) is 3.77. The van der Waals surface area contributed by atoms with E-state index < -0.39 is 0 Å². The Bertz CT molecular complexity index is 249. The number of nitrogens with zero attached hydrogens (tertiary/aromatic N) is 3. The van der Waals surface area contributed by atoms with E-state index in [2.05, 4.69) is 4.99 Å². The van der Waals surface area contributed by atoms with Crippen LogP contribution in [0.15, 0.2) is 4.99 Å². The molecule has 0 atom stereocenters. The molecule has 12 heavy (non-hydrogen) atoms. The Labute approximate surface area is 71.0 Å². The fourth-order valence-electron chi connectivity index (χ4n) is 1.02. The van der Waals surface area contributed by atoms with Crippen molar-refractivity contribution in [2.24, 2.45) is 10.7 Å². The van der Waals surface area contributed by atoms with Gasteiger partial charge in [-0.3, -0.25) is 5.41 Å². The molecule has 0 aromatic heterocycles. The van der Waals surface area contributed by atoms with E-state index in [1.807, 2.05) is 6.07 Å². The number of nitrogens with one attached hydrogen (secondary N) is 1. The van der Waals surface area contributed by atoms with E-state index in [0.29, 0.717) is 31.8 Å². The highest BCUT2D eigenvalue weighted by Crippen LogP contribution is 2.02. The molecule has 0 spiro atoms. The molecular weight excluding hydrogens is 154 g/mol. The number of nitriles is 1. The molecule has 1 heterocycles. The van der Waals surface area contributed by atoms with Gasteiger partial charge in [0, 0.05) is 19.5 Å². The maximum atomic E-state index is 8.33. The molecule has 1 aliphatic heterocycles. The van der Waals surface area contributed by atoms with Crippen molar-refractivity contribution in [2.75, 3.05) is 13.1 Å². The number of guanidine groups is 1. The maximum absolute atomic E-state index is 8.33. The average Bonchev–Trinajstić information content (AvgIpc) is 2.03. The summed E-state index contributed by atoms with van der Waals surface area (Å²) in [6, 6.07) is 2.03. The number of rotatable bonds is 2. The van der Waals surface area contributed by atoms with E-state index in [9.17, 15) is 0 Å². The Hall–Kier alpha value is -1.57. The average molecular weight is 165 g/mol. The minimum atomic E-state index is 0.175. The lowest BCUT2D eigenvalue weighted by Crippen LogP contribution is -2.38. The molecule has 5 nitrogen and oxygen atoms in total. The molecule has 3 N–H and O–H groups in total. The molecule has 1 aliphatic rings. The Morgan fingerprint density at radius 2 is 2.50 bits per heavy atom. The number of nitrogens with two attached hydrogens (primary N) is 1. The van der Waals surface area contributed by atoms with E-state index in [0.717, 1.165) is 0 Å². The van der Waals surface area contributed by atoms with Gasteiger partial charge in [0.15, 0.2) is 0 Å². The molecule has 0 saturated carbocycles. The van der Waals surface area contributed by atoms with Gasteiger partial charge in [-0.05, 0) is 0 Å². The van der Waals surface area contributed by atoms with Gasteiger partial charge < -0.3 is 10.6 Å². The van der Waals surface area contributed by atoms with Crippen LogP contribution in [0.4, 0.5) is 0 Å². The summed E-state index contributed by atoms with van der Waals surface area (Å²) in [6.07, 6.45) is 1.12. The number of hydrogen-bond acceptors (Lipinski definition) is 3. The Kier molecular flexibility index (Phi) is 2.64. The number of aliphatic imine (C=N–C) groups is 1. The minimum absolute atomic E-state index is 0.175. The van der Waals surface area contributed by atoms with Crippen LogP contribution < -0.4 is 5.73 Å². The summed E-state index contributed by atoms with van der Waals surface area (Å²) in [5.41, 5.74) is 5.43. The fourth-order valence-corrected chi connectivity index (χ4v) is 1.02. The molecular formula is C7H11N5. The van der Waals surface area contributed by atoms with E-state index in [4.69, 9.17) is 16.4 Å². The minimum Gasteiger partial charge on any atom is -0.387 e. The summed E-state index contributed by atoms with van der Waals surface area (Å²) in [5, 5.41) is 15.7. The maximum Gasteiger partial charge on any atom is 0.219 e. The highest BCUT2D eigenvalue weighted by molar-refractivity contribution is 5.96. The summed E-state index contributed by atoms with van der Waals surface area (Å²) in [7, 11) is 0. The largest absolute Gasteiger partial charge is 0.387 e.